The molecule has 0 saturated carbocycles. The molecule has 1 aliphatic heterocycles. The van der Waals surface area contributed by atoms with E-state index in [-0.39, 0.29) is 5.91 Å². The van der Waals surface area contributed by atoms with E-state index in [1.54, 1.807) is 6.08 Å². The van der Waals surface area contributed by atoms with Crippen molar-refractivity contribution < 1.29 is 4.79 Å². The summed E-state index contributed by atoms with van der Waals surface area (Å²) in [7, 11) is 0. The predicted molar refractivity (Wildman–Crippen MR) is 95.7 cm³/mol. The number of hydrogen-bond acceptors (Lipinski definition) is 2. The number of anilines is 1. The van der Waals surface area contributed by atoms with E-state index < -0.39 is 0 Å². The van der Waals surface area contributed by atoms with E-state index in [0.717, 1.165) is 31.7 Å². The molecule has 2 aromatic carbocycles. The number of para-hydroxylation sites is 1. The van der Waals surface area contributed by atoms with Crippen LogP contribution in [0.15, 0.2) is 60.7 Å². The Hall–Kier alpha value is -2.26. The Bertz CT molecular complexity index is 674. The number of amides is 1. The van der Waals surface area contributed by atoms with E-state index >= 15 is 0 Å². The molecule has 0 bridgehead atoms. The third kappa shape index (κ3) is 4.14. The van der Waals surface area contributed by atoms with Gasteiger partial charge in [0, 0.05) is 43.0 Å². The maximum Gasteiger partial charge on any atom is 0.246 e. The summed E-state index contributed by atoms with van der Waals surface area (Å²) >= 11 is 5.86. The van der Waals surface area contributed by atoms with E-state index in [1.165, 1.54) is 5.69 Å². The number of halogens is 1. The molecule has 0 N–H and O–H groups in total. The maximum absolute atomic E-state index is 12.3. The van der Waals surface area contributed by atoms with Crippen molar-refractivity contribution in [2.75, 3.05) is 31.1 Å². The molecule has 23 heavy (non-hydrogen) atoms. The van der Waals surface area contributed by atoms with Crippen LogP contribution < -0.4 is 4.90 Å². The zero-order valence-electron chi connectivity index (χ0n) is 12.9. The van der Waals surface area contributed by atoms with Gasteiger partial charge in [-0.3, -0.25) is 4.79 Å². The van der Waals surface area contributed by atoms with Crippen LogP contribution in [0.1, 0.15) is 5.56 Å². The van der Waals surface area contributed by atoms with Crippen molar-refractivity contribution in [2.24, 2.45) is 0 Å². The van der Waals surface area contributed by atoms with Gasteiger partial charge in [-0.15, -0.1) is 0 Å². The molecule has 0 atom stereocenters. The smallest absolute Gasteiger partial charge is 0.246 e. The summed E-state index contributed by atoms with van der Waals surface area (Å²) in [5, 5.41) is 0.700. The SMILES string of the molecule is O=C(/C=C/c1ccc(Cl)cc1)N1CCN(c2ccccc2)CC1. The van der Waals surface area contributed by atoms with Crippen LogP contribution in [0.4, 0.5) is 5.69 Å². The second kappa shape index (κ2) is 7.34. The highest BCUT2D eigenvalue weighted by Gasteiger charge is 2.19. The molecule has 3 nitrogen and oxygen atoms in total. The predicted octanol–water partition coefficient (Wildman–Crippen LogP) is 3.70. The molecule has 4 heteroatoms. The summed E-state index contributed by atoms with van der Waals surface area (Å²) in [6.07, 6.45) is 3.48. The number of nitrogens with zero attached hydrogens (tertiary/aromatic N) is 2. The van der Waals surface area contributed by atoms with Crippen molar-refractivity contribution in [1.82, 2.24) is 4.90 Å². The molecule has 0 aliphatic carbocycles. The van der Waals surface area contributed by atoms with E-state index in [1.807, 2.05) is 53.4 Å². The molecule has 1 amide bonds. The Morgan fingerprint density at radius 1 is 0.913 bits per heavy atom. The minimum atomic E-state index is 0.0626. The van der Waals surface area contributed by atoms with Crippen LogP contribution >= 0.6 is 11.6 Å². The summed E-state index contributed by atoms with van der Waals surface area (Å²) in [4.78, 5) is 16.5. The molecule has 1 aliphatic rings. The average Bonchev–Trinajstić information content (AvgIpc) is 2.62. The molecular formula is C19H19ClN2O. The number of benzene rings is 2. The lowest BCUT2D eigenvalue weighted by Crippen LogP contribution is -2.48. The lowest BCUT2D eigenvalue weighted by molar-refractivity contribution is -0.126. The zero-order valence-corrected chi connectivity index (χ0v) is 13.6. The third-order valence-electron chi connectivity index (χ3n) is 4.00. The summed E-state index contributed by atoms with van der Waals surface area (Å²) in [6.45, 7) is 3.23. The first-order chi connectivity index (χ1) is 11.2. The second-order valence-corrected chi connectivity index (χ2v) is 5.97. The number of piperazine rings is 1. The fraction of sp³-hybridized carbons (Fsp3) is 0.211. The molecule has 1 saturated heterocycles. The summed E-state index contributed by atoms with van der Waals surface area (Å²) in [5.41, 5.74) is 2.20. The number of rotatable bonds is 3. The first-order valence-corrected chi connectivity index (χ1v) is 8.13. The first-order valence-electron chi connectivity index (χ1n) is 7.75. The van der Waals surface area contributed by atoms with Crippen molar-refractivity contribution >= 4 is 29.3 Å². The van der Waals surface area contributed by atoms with Crippen LogP contribution in [0.5, 0.6) is 0 Å². The summed E-state index contributed by atoms with van der Waals surface area (Å²) < 4.78 is 0. The molecular weight excluding hydrogens is 308 g/mol. The fourth-order valence-electron chi connectivity index (χ4n) is 2.67. The first kappa shape index (κ1) is 15.6. The molecule has 0 aromatic heterocycles. The van der Waals surface area contributed by atoms with Gasteiger partial charge in [-0.2, -0.15) is 0 Å². The van der Waals surface area contributed by atoms with Crippen LogP contribution in [0.2, 0.25) is 5.02 Å². The number of carbonyl (C=O) groups excluding carboxylic acids is 1. The number of carbonyl (C=O) groups is 1. The highest BCUT2D eigenvalue weighted by Crippen LogP contribution is 2.16. The van der Waals surface area contributed by atoms with Gasteiger partial charge in [0.2, 0.25) is 5.91 Å². The van der Waals surface area contributed by atoms with Gasteiger partial charge in [-0.05, 0) is 35.9 Å². The Morgan fingerprint density at radius 2 is 1.57 bits per heavy atom. The van der Waals surface area contributed by atoms with Crippen molar-refractivity contribution in [3.05, 3.63) is 71.3 Å². The van der Waals surface area contributed by atoms with Gasteiger partial charge in [-0.1, -0.05) is 41.9 Å². The van der Waals surface area contributed by atoms with Gasteiger partial charge in [-0.25, -0.2) is 0 Å². The lowest BCUT2D eigenvalue weighted by atomic mass is 10.2. The molecule has 0 spiro atoms. The maximum atomic E-state index is 12.3. The largest absolute Gasteiger partial charge is 0.368 e. The van der Waals surface area contributed by atoms with E-state index in [4.69, 9.17) is 11.6 Å². The normalized spacial score (nSPS) is 15.2. The number of hydrogen-bond donors (Lipinski definition) is 0. The van der Waals surface area contributed by atoms with E-state index in [2.05, 4.69) is 17.0 Å². The Morgan fingerprint density at radius 3 is 2.22 bits per heavy atom. The van der Waals surface area contributed by atoms with Crippen LogP contribution in [0.3, 0.4) is 0 Å². The molecule has 3 rings (SSSR count). The van der Waals surface area contributed by atoms with Crippen molar-refractivity contribution in [3.8, 4) is 0 Å². The van der Waals surface area contributed by atoms with E-state index in [0.29, 0.717) is 5.02 Å². The molecule has 1 heterocycles. The third-order valence-corrected chi connectivity index (χ3v) is 4.25. The van der Waals surface area contributed by atoms with Gasteiger partial charge in [0.05, 0.1) is 0 Å². The monoisotopic (exact) mass is 326 g/mol. The molecule has 2 aromatic rings. The minimum Gasteiger partial charge on any atom is -0.368 e. The highest BCUT2D eigenvalue weighted by atomic mass is 35.5. The highest BCUT2D eigenvalue weighted by molar-refractivity contribution is 6.30. The molecule has 118 valence electrons. The molecule has 0 radical (unpaired) electrons. The van der Waals surface area contributed by atoms with Gasteiger partial charge >= 0.3 is 0 Å². The van der Waals surface area contributed by atoms with Gasteiger partial charge < -0.3 is 9.80 Å². The van der Waals surface area contributed by atoms with Crippen LogP contribution in [-0.4, -0.2) is 37.0 Å². The van der Waals surface area contributed by atoms with Crippen molar-refractivity contribution in [3.63, 3.8) is 0 Å². The summed E-state index contributed by atoms with van der Waals surface area (Å²) in [6, 6.07) is 17.8. The second-order valence-electron chi connectivity index (χ2n) is 5.53. The molecule has 0 unspecified atom stereocenters. The van der Waals surface area contributed by atoms with Gasteiger partial charge in [0.15, 0.2) is 0 Å². The Balaban J connectivity index is 1.55. The van der Waals surface area contributed by atoms with Crippen LogP contribution in [-0.2, 0) is 4.79 Å². The van der Waals surface area contributed by atoms with Crippen LogP contribution in [0, 0.1) is 0 Å². The van der Waals surface area contributed by atoms with Gasteiger partial charge in [0.25, 0.3) is 0 Å². The minimum absolute atomic E-state index is 0.0626. The standard InChI is InChI=1S/C19H19ClN2O/c20-17-9-6-16(7-10-17)8-11-19(23)22-14-12-21(13-15-22)18-4-2-1-3-5-18/h1-11H,12-15H2/b11-8+. The van der Waals surface area contributed by atoms with Crippen molar-refractivity contribution in [2.45, 2.75) is 0 Å². The Kier molecular flexibility index (Phi) is 4.99. The zero-order chi connectivity index (χ0) is 16.1. The quantitative estimate of drug-likeness (QED) is 0.803. The van der Waals surface area contributed by atoms with Crippen LogP contribution in [0.25, 0.3) is 6.08 Å². The Labute approximate surface area is 141 Å². The lowest BCUT2D eigenvalue weighted by Gasteiger charge is -2.35. The van der Waals surface area contributed by atoms with Gasteiger partial charge in [0.1, 0.15) is 0 Å². The van der Waals surface area contributed by atoms with E-state index in [9.17, 15) is 4.79 Å². The fourth-order valence-corrected chi connectivity index (χ4v) is 2.80. The average molecular weight is 327 g/mol. The topological polar surface area (TPSA) is 23.6 Å². The summed E-state index contributed by atoms with van der Waals surface area (Å²) in [5.74, 6) is 0.0626. The van der Waals surface area contributed by atoms with Crippen molar-refractivity contribution in [1.29, 1.82) is 0 Å². The molecule has 1 fully saturated rings.